The van der Waals surface area contributed by atoms with Crippen molar-refractivity contribution >= 4 is 34.6 Å². The van der Waals surface area contributed by atoms with E-state index in [2.05, 4.69) is 99.8 Å². The zero-order valence-electron chi connectivity index (χ0n) is 18.0. The Balaban J connectivity index is 1.14. The van der Waals surface area contributed by atoms with Crippen LogP contribution in [0.25, 0.3) is 17.3 Å². The molecular formula is C28H26N4. The fraction of sp³-hybridized carbons (Fsp3) is 0.179. The summed E-state index contributed by atoms with van der Waals surface area (Å²) in [5.74, 6) is 1.03. The van der Waals surface area contributed by atoms with Crippen LogP contribution in [0.15, 0.2) is 77.8 Å². The average molecular weight is 419 g/mol. The van der Waals surface area contributed by atoms with E-state index in [1.54, 1.807) is 0 Å². The zero-order valence-corrected chi connectivity index (χ0v) is 18.0. The topological polar surface area (TPSA) is 48.5 Å². The number of amidine groups is 1. The molecule has 0 aromatic heterocycles. The summed E-state index contributed by atoms with van der Waals surface area (Å²) in [4.78, 5) is 4.55. The number of fused-ring (bicyclic) bond motifs is 1. The third kappa shape index (κ3) is 3.69. The van der Waals surface area contributed by atoms with Crippen molar-refractivity contribution < 1.29 is 0 Å². The molecule has 0 atom stereocenters. The number of benzene rings is 3. The van der Waals surface area contributed by atoms with Gasteiger partial charge in [-0.25, -0.2) is 0 Å². The van der Waals surface area contributed by atoms with Crippen molar-refractivity contribution in [3.05, 3.63) is 101 Å². The highest BCUT2D eigenvalue weighted by atomic mass is 15.1. The van der Waals surface area contributed by atoms with Crippen LogP contribution in [0.2, 0.25) is 0 Å². The van der Waals surface area contributed by atoms with Crippen molar-refractivity contribution in [2.75, 3.05) is 25.0 Å². The van der Waals surface area contributed by atoms with Crippen LogP contribution in [0.4, 0.5) is 11.4 Å². The lowest BCUT2D eigenvalue weighted by molar-refractivity contribution is 0.928. The van der Waals surface area contributed by atoms with Crippen LogP contribution in [0, 0.1) is 0 Å². The highest BCUT2D eigenvalue weighted by Gasteiger charge is 2.17. The van der Waals surface area contributed by atoms with Crippen LogP contribution < -0.4 is 16.0 Å². The molecule has 3 N–H and O–H groups in total. The van der Waals surface area contributed by atoms with Gasteiger partial charge >= 0.3 is 0 Å². The highest BCUT2D eigenvalue weighted by Crippen LogP contribution is 2.33. The van der Waals surface area contributed by atoms with Crippen molar-refractivity contribution in [1.29, 1.82) is 0 Å². The zero-order chi connectivity index (χ0) is 21.3. The van der Waals surface area contributed by atoms with Gasteiger partial charge in [-0.3, -0.25) is 4.99 Å². The molecule has 0 bridgehead atoms. The largest absolute Gasteiger partial charge is 0.385 e. The predicted octanol–water partition coefficient (Wildman–Crippen LogP) is 5.21. The monoisotopic (exact) mass is 418 g/mol. The van der Waals surface area contributed by atoms with E-state index in [1.165, 1.54) is 39.1 Å². The number of nitrogens with zero attached hydrogens (tertiary/aromatic N) is 1. The first kappa shape index (κ1) is 18.9. The highest BCUT2D eigenvalue weighted by molar-refractivity contribution is 6.01. The van der Waals surface area contributed by atoms with Crippen LogP contribution in [-0.2, 0) is 6.42 Å². The van der Waals surface area contributed by atoms with E-state index in [0.717, 1.165) is 49.7 Å². The molecule has 4 heteroatoms. The van der Waals surface area contributed by atoms with Crippen LogP contribution in [-0.4, -0.2) is 25.5 Å². The molecule has 0 amide bonds. The molecule has 2 heterocycles. The Morgan fingerprint density at radius 1 is 0.750 bits per heavy atom. The number of allylic oxidation sites excluding steroid dienone is 1. The van der Waals surface area contributed by atoms with Crippen LogP contribution in [0.5, 0.6) is 0 Å². The average Bonchev–Trinajstić information content (AvgIpc) is 3.61. The quantitative estimate of drug-likeness (QED) is 0.533. The third-order valence-electron chi connectivity index (χ3n) is 6.35. The third-order valence-corrected chi connectivity index (χ3v) is 6.35. The van der Waals surface area contributed by atoms with E-state index in [9.17, 15) is 0 Å². The SMILES string of the molecule is C1=C(c2ccc(Nc3ccc(C4=CCCN4)cc3)cc2)Cc2cc(C3=NCCN3)ccc21. The Labute approximate surface area is 188 Å². The molecular weight excluding hydrogens is 392 g/mol. The summed E-state index contributed by atoms with van der Waals surface area (Å²) >= 11 is 0. The Morgan fingerprint density at radius 3 is 2.19 bits per heavy atom. The van der Waals surface area contributed by atoms with Gasteiger partial charge in [-0.15, -0.1) is 0 Å². The molecule has 6 rings (SSSR count). The van der Waals surface area contributed by atoms with Crippen LogP contribution in [0.3, 0.4) is 0 Å². The van der Waals surface area contributed by atoms with Gasteiger partial charge in [0.05, 0.1) is 6.54 Å². The van der Waals surface area contributed by atoms with Gasteiger partial charge < -0.3 is 16.0 Å². The minimum atomic E-state index is 0.871. The molecule has 0 radical (unpaired) electrons. The Kier molecular flexibility index (Phi) is 4.76. The van der Waals surface area contributed by atoms with E-state index < -0.39 is 0 Å². The Bertz CT molecular complexity index is 1250. The molecule has 0 unspecified atom stereocenters. The van der Waals surface area contributed by atoms with E-state index in [4.69, 9.17) is 0 Å². The normalized spacial score (nSPS) is 16.6. The number of hydrogen-bond acceptors (Lipinski definition) is 4. The van der Waals surface area contributed by atoms with Crippen molar-refractivity contribution in [2.45, 2.75) is 12.8 Å². The van der Waals surface area contributed by atoms with Crippen LogP contribution in [0.1, 0.15) is 34.2 Å². The summed E-state index contributed by atoms with van der Waals surface area (Å²) in [5, 5.41) is 10.3. The van der Waals surface area contributed by atoms with E-state index in [-0.39, 0.29) is 0 Å². The fourth-order valence-corrected chi connectivity index (χ4v) is 4.65. The van der Waals surface area contributed by atoms with Gasteiger partial charge in [0.15, 0.2) is 0 Å². The molecule has 0 fully saturated rings. The minimum Gasteiger partial charge on any atom is -0.385 e. The number of aliphatic imine (C=N–C) groups is 1. The van der Waals surface area contributed by atoms with Gasteiger partial charge in [-0.05, 0) is 71.0 Å². The molecule has 2 aliphatic heterocycles. The molecule has 3 aromatic carbocycles. The second-order valence-electron chi connectivity index (χ2n) is 8.53. The van der Waals surface area contributed by atoms with Crippen molar-refractivity contribution in [1.82, 2.24) is 10.6 Å². The van der Waals surface area contributed by atoms with E-state index in [1.807, 2.05) is 0 Å². The maximum absolute atomic E-state index is 4.55. The van der Waals surface area contributed by atoms with Gasteiger partial charge in [-0.1, -0.05) is 48.6 Å². The van der Waals surface area contributed by atoms with Gasteiger partial charge in [0.25, 0.3) is 0 Å². The number of hydrogen-bond donors (Lipinski definition) is 3. The lowest BCUT2D eigenvalue weighted by atomic mass is 10.0. The maximum atomic E-state index is 4.55. The first-order valence-corrected chi connectivity index (χ1v) is 11.4. The summed E-state index contributed by atoms with van der Waals surface area (Å²) in [6.07, 6.45) is 6.65. The second kappa shape index (κ2) is 8.04. The summed E-state index contributed by atoms with van der Waals surface area (Å²) in [7, 11) is 0. The van der Waals surface area contributed by atoms with Gasteiger partial charge in [0, 0.05) is 35.7 Å². The van der Waals surface area contributed by atoms with Gasteiger partial charge in [0.1, 0.15) is 5.84 Å². The molecule has 0 saturated heterocycles. The summed E-state index contributed by atoms with van der Waals surface area (Å²) in [6.45, 7) is 2.85. The van der Waals surface area contributed by atoms with Crippen molar-refractivity contribution in [3.8, 4) is 0 Å². The summed E-state index contributed by atoms with van der Waals surface area (Å²) in [6, 6.07) is 24.0. The van der Waals surface area contributed by atoms with Crippen molar-refractivity contribution in [3.63, 3.8) is 0 Å². The fourth-order valence-electron chi connectivity index (χ4n) is 4.65. The lowest BCUT2D eigenvalue weighted by Gasteiger charge is -2.10. The smallest absolute Gasteiger partial charge is 0.128 e. The summed E-state index contributed by atoms with van der Waals surface area (Å²) in [5.41, 5.74) is 11.2. The minimum absolute atomic E-state index is 0.871. The summed E-state index contributed by atoms with van der Waals surface area (Å²) < 4.78 is 0. The first-order chi connectivity index (χ1) is 15.8. The first-order valence-electron chi connectivity index (χ1n) is 11.4. The maximum Gasteiger partial charge on any atom is 0.128 e. The standard InChI is InChI=1S/C28H26N4/c1-2-27(29-13-1)20-7-11-26(12-8-20)32-25-9-5-19(6-10-25)23-16-21-3-4-22(17-24(21)18-23)28-30-14-15-31-28/h2-12,16-17,29,32H,1,13-15,18H2,(H,30,31). The molecule has 0 spiro atoms. The molecule has 32 heavy (non-hydrogen) atoms. The second-order valence-corrected chi connectivity index (χ2v) is 8.53. The molecule has 4 nitrogen and oxygen atoms in total. The molecule has 3 aliphatic rings. The van der Waals surface area contributed by atoms with E-state index >= 15 is 0 Å². The number of rotatable bonds is 5. The van der Waals surface area contributed by atoms with E-state index in [0.29, 0.717) is 0 Å². The molecule has 0 saturated carbocycles. The molecule has 1 aliphatic carbocycles. The predicted molar refractivity (Wildman–Crippen MR) is 134 cm³/mol. The Morgan fingerprint density at radius 2 is 1.50 bits per heavy atom. The lowest BCUT2D eigenvalue weighted by Crippen LogP contribution is -2.19. The van der Waals surface area contributed by atoms with Crippen LogP contribution >= 0.6 is 0 Å². The van der Waals surface area contributed by atoms with Gasteiger partial charge in [-0.2, -0.15) is 0 Å². The molecule has 158 valence electrons. The number of nitrogens with one attached hydrogen (secondary N) is 3. The van der Waals surface area contributed by atoms with Gasteiger partial charge in [0.2, 0.25) is 0 Å². The number of anilines is 2. The Hall–Kier alpha value is -3.79. The van der Waals surface area contributed by atoms with Crippen molar-refractivity contribution in [2.24, 2.45) is 4.99 Å². The molecule has 3 aromatic rings.